The summed E-state index contributed by atoms with van der Waals surface area (Å²) in [6.07, 6.45) is 20.3. The van der Waals surface area contributed by atoms with Gasteiger partial charge in [0.2, 0.25) is 0 Å². The molecule has 204 valence electrons. The van der Waals surface area contributed by atoms with E-state index in [2.05, 4.69) is 84.2 Å². The highest BCUT2D eigenvalue weighted by Crippen LogP contribution is 2.32. The Morgan fingerprint density at radius 1 is 0.690 bits per heavy atom. The number of terminal acetylenes is 1. The van der Waals surface area contributed by atoms with Crippen molar-refractivity contribution in [2.45, 2.75) is 18.1 Å². The Morgan fingerprint density at radius 2 is 1.24 bits per heavy atom. The first-order valence-corrected chi connectivity index (χ1v) is 16.7. The average Bonchev–Trinajstić information content (AvgIpc) is 3.81. The van der Waals surface area contributed by atoms with Gasteiger partial charge in [0.25, 0.3) is 0 Å². The molecule has 4 aromatic rings. The summed E-state index contributed by atoms with van der Waals surface area (Å²) in [6, 6.07) is 23.5. The lowest BCUT2D eigenvalue weighted by Gasteiger charge is -2.30. The second kappa shape index (κ2) is 11.4. The summed E-state index contributed by atoms with van der Waals surface area (Å²) >= 11 is 0. The van der Waals surface area contributed by atoms with Gasteiger partial charge in [-0.25, -0.2) is 9.97 Å². The summed E-state index contributed by atoms with van der Waals surface area (Å²) in [5, 5.41) is 1.22. The minimum atomic E-state index is -2.25. The number of hydrogen-bond donors (Lipinski definition) is 2. The summed E-state index contributed by atoms with van der Waals surface area (Å²) in [7, 11) is -2.25. The van der Waals surface area contributed by atoms with Crippen LogP contribution in [0.15, 0.2) is 98.6 Å². The smallest absolute Gasteiger partial charge is 0.103 e. The van der Waals surface area contributed by atoms with Crippen LogP contribution >= 0.6 is 0 Å². The zero-order chi connectivity index (χ0) is 29.1. The summed E-state index contributed by atoms with van der Waals surface area (Å²) in [5.41, 5.74) is 10.0. The molecular weight excluding hydrogens is 529 g/mol. The van der Waals surface area contributed by atoms with Gasteiger partial charge >= 0.3 is 0 Å². The van der Waals surface area contributed by atoms with Crippen molar-refractivity contribution in [3.05, 3.63) is 127 Å². The van der Waals surface area contributed by atoms with E-state index in [9.17, 15) is 0 Å². The molecule has 0 amide bonds. The molecule has 0 aliphatic carbocycles. The van der Waals surface area contributed by atoms with Crippen LogP contribution in [0.25, 0.3) is 57.5 Å². The van der Waals surface area contributed by atoms with Crippen molar-refractivity contribution < 1.29 is 0 Å². The normalized spacial score (nSPS) is 12.2. The predicted molar refractivity (Wildman–Crippen MR) is 183 cm³/mol. The molecule has 0 radical (unpaired) electrons. The number of rotatable bonds is 8. The number of hydrogen-bond acceptors (Lipinski definition) is 2. The van der Waals surface area contributed by atoms with E-state index in [1.165, 1.54) is 5.19 Å². The summed E-state index contributed by atoms with van der Waals surface area (Å²) in [6.45, 7) is 12.4. The summed E-state index contributed by atoms with van der Waals surface area (Å²) in [5.74, 6) is 2.90. The topological polar surface area (TPSA) is 57.4 Å². The van der Waals surface area contributed by atoms with E-state index in [0.29, 0.717) is 5.56 Å². The molecule has 42 heavy (non-hydrogen) atoms. The van der Waals surface area contributed by atoms with Crippen LogP contribution in [0.3, 0.4) is 0 Å². The molecule has 2 N–H and O–H groups in total. The third kappa shape index (κ3) is 4.83. The van der Waals surface area contributed by atoms with E-state index in [1.54, 1.807) is 0 Å². The van der Waals surface area contributed by atoms with E-state index in [4.69, 9.17) is 16.4 Å². The highest BCUT2D eigenvalue weighted by atomic mass is 28.3. The number of aromatic amines is 2. The first kappa shape index (κ1) is 27.0. The van der Waals surface area contributed by atoms with E-state index in [-0.39, 0.29) is 0 Å². The molecule has 0 saturated carbocycles. The minimum Gasteiger partial charge on any atom is -0.355 e. The number of benzene rings is 1. The Hall–Kier alpha value is -5.18. The molecule has 0 unspecified atom stereocenters. The van der Waals surface area contributed by atoms with Crippen LogP contribution in [0.5, 0.6) is 0 Å². The lowest BCUT2D eigenvalue weighted by atomic mass is 10.0. The molecule has 5 heterocycles. The van der Waals surface area contributed by atoms with Gasteiger partial charge in [-0.3, -0.25) is 0 Å². The van der Waals surface area contributed by atoms with Gasteiger partial charge < -0.3 is 9.97 Å². The van der Waals surface area contributed by atoms with Crippen LogP contribution in [-0.2, 0) is 0 Å². The van der Waals surface area contributed by atoms with Gasteiger partial charge in [0.1, 0.15) is 8.07 Å². The number of nitrogens with one attached hydrogen (secondary N) is 2. The quantitative estimate of drug-likeness (QED) is 0.111. The highest BCUT2D eigenvalue weighted by Gasteiger charge is 2.35. The third-order valence-corrected chi connectivity index (χ3v) is 12.7. The van der Waals surface area contributed by atoms with Gasteiger partial charge in [-0.05, 0) is 83.5 Å². The lowest BCUT2D eigenvalue weighted by molar-refractivity contribution is 1.26. The maximum atomic E-state index is 6.14. The van der Waals surface area contributed by atoms with Gasteiger partial charge in [-0.2, -0.15) is 0 Å². The van der Waals surface area contributed by atoms with Crippen molar-refractivity contribution in [1.82, 2.24) is 19.9 Å². The fraction of sp³-hybridized carbons (Fsp3) is 0.0811. The van der Waals surface area contributed by atoms with Gasteiger partial charge in [-0.1, -0.05) is 54.5 Å². The molecule has 1 aromatic carbocycles. The van der Waals surface area contributed by atoms with Crippen molar-refractivity contribution in [1.29, 1.82) is 0 Å². The van der Waals surface area contributed by atoms with E-state index in [1.807, 2.05) is 54.7 Å². The SMILES string of the molecule is C#Cc1c2nc(c(-c3ccccc3)c3ccc(cc4ccc([nH]4)c([Si](CC=C)(CC=C)CC=C)c4nc1C=C4)[nH]3)C=C2. The first-order chi connectivity index (χ1) is 20.6. The molecule has 2 aliphatic rings. The first-order valence-electron chi connectivity index (χ1n) is 14.1. The number of aromatic nitrogens is 4. The van der Waals surface area contributed by atoms with Crippen molar-refractivity contribution >= 4 is 59.6 Å². The standard InChI is InChI=1S/C37H32N4Si/c1-5-22-42(23-6-2,24-7-3)37-34-17-15-28(39-34)25-27-14-16-32(38-27)36(26-12-10-9-11-13-26)33-20-18-30(40-33)29(8-4)31-19-21-35(37)41-31/h4-7,9-21,25,38-39H,1-3,22-24H2. The molecule has 0 atom stereocenters. The predicted octanol–water partition coefficient (Wildman–Crippen LogP) is 8.52. The van der Waals surface area contributed by atoms with E-state index < -0.39 is 8.07 Å². The number of H-pyrrole nitrogens is 2. The Labute approximate surface area is 247 Å². The van der Waals surface area contributed by atoms with Crippen LogP contribution in [0.4, 0.5) is 0 Å². The number of allylic oxidation sites excluding steroid dienone is 3. The molecule has 0 fully saturated rings. The largest absolute Gasteiger partial charge is 0.355 e. The van der Waals surface area contributed by atoms with Crippen LogP contribution in [0, 0.1) is 12.3 Å². The highest BCUT2D eigenvalue weighted by molar-refractivity contribution is 6.94. The van der Waals surface area contributed by atoms with Crippen molar-refractivity contribution in [2.75, 3.05) is 0 Å². The van der Waals surface area contributed by atoms with Crippen LogP contribution in [0.1, 0.15) is 28.3 Å². The zero-order valence-electron chi connectivity index (χ0n) is 23.5. The Bertz CT molecular complexity index is 1950. The summed E-state index contributed by atoms with van der Waals surface area (Å²) in [4.78, 5) is 17.6. The Morgan fingerprint density at radius 3 is 1.86 bits per heavy atom. The minimum absolute atomic E-state index is 0.669. The van der Waals surface area contributed by atoms with E-state index >= 15 is 0 Å². The maximum Gasteiger partial charge on any atom is 0.103 e. The monoisotopic (exact) mass is 560 g/mol. The van der Waals surface area contributed by atoms with E-state index in [0.717, 1.165) is 74.1 Å². The van der Waals surface area contributed by atoms with Crippen LogP contribution in [0.2, 0.25) is 18.1 Å². The second-order valence-corrected chi connectivity index (χ2v) is 14.9. The third-order valence-electron chi connectivity index (χ3n) is 7.91. The maximum absolute atomic E-state index is 6.14. The molecule has 8 bridgehead atoms. The molecule has 5 heteroatoms. The van der Waals surface area contributed by atoms with Crippen molar-refractivity contribution in [3.63, 3.8) is 0 Å². The van der Waals surface area contributed by atoms with Crippen molar-refractivity contribution in [2.24, 2.45) is 0 Å². The molecule has 0 spiro atoms. The molecule has 2 aliphatic heterocycles. The molecule has 6 rings (SSSR count). The average molecular weight is 561 g/mol. The van der Waals surface area contributed by atoms with Gasteiger partial charge in [0.05, 0.1) is 28.3 Å². The van der Waals surface area contributed by atoms with Gasteiger partial charge in [0.15, 0.2) is 0 Å². The molecule has 4 nitrogen and oxygen atoms in total. The van der Waals surface area contributed by atoms with Gasteiger partial charge in [0, 0.05) is 27.6 Å². The second-order valence-electron chi connectivity index (χ2n) is 10.6. The summed E-state index contributed by atoms with van der Waals surface area (Å²) < 4.78 is 0. The molecule has 0 saturated heterocycles. The molecular formula is C37H32N4Si. The number of fused-ring (bicyclic) bond motifs is 8. The van der Waals surface area contributed by atoms with Crippen LogP contribution in [-0.4, -0.2) is 28.0 Å². The van der Waals surface area contributed by atoms with Crippen molar-refractivity contribution in [3.8, 4) is 23.5 Å². The fourth-order valence-corrected chi connectivity index (χ4v) is 10.3. The number of nitrogens with zero attached hydrogens (tertiary/aromatic N) is 2. The van der Waals surface area contributed by atoms with Gasteiger partial charge in [-0.15, -0.1) is 26.2 Å². The zero-order valence-corrected chi connectivity index (χ0v) is 24.5. The Kier molecular flexibility index (Phi) is 7.31. The van der Waals surface area contributed by atoms with Crippen LogP contribution < -0.4 is 5.19 Å². The molecule has 3 aromatic heterocycles. The fourth-order valence-electron chi connectivity index (χ4n) is 6.14. The Balaban J connectivity index is 1.77. The lowest BCUT2D eigenvalue weighted by Crippen LogP contribution is -2.48.